The van der Waals surface area contributed by atoms with Crippen LogP contribution in [0.2, 0.25) is 0 Å². The maximum atomic E-state index is 12.9. The molecule has 2 aromatic heterocycles. The van der Waals surface area contributed by atoms with E-state index < -0.39 is 15.7 Å². The number of hydrogen-bond donors (Lipinski definition) is 2. The number of aromatic nitrogens is 3. The Balaban J connectivity index is 1.56. The smallest absolute Gasteiger partial charge is 0.243 e. The van der Waals surface area contributed by atoms with Gasteiger partial charge in [0.1, 0.15) is 5.72 Å². The van der Waals surface area contributed by atoms with Gasteiger partial charge in [-0.1, -0.05) is 26.0 Å². The Bertz CT molecular complexity index is 1280. The van der Waals surface area contributed by atoms with Gasteiger partial charge in [-0.3, -0.25) is 5.32 Å². The fraction of sp³-hybridized carbons (Fsp3) is 0.520. The van der Waals surface area contributed by atoms with E-state index in [1.807, 2.05) is 10.7 Å². The van der Waals surface area contributed by atoms with Gasteiger partial charge < -0.3 is 9.84 Å². The highest BCUT2D eigenvalue weighted by molar-refractivity contribution is 7.89. The molecular weight excluding hydrogens is 466 g/mol. The van der Waals surface area contributed by atoms with E-state index in [0.717, 1.165) is 22.3 Å². The number of benzene rings is 1. The molecule has 1 unspecified atom stereocenters. The van der Waals surface area contributed by atoms with Crippen molar-refractivity contribution in [3.05, 3.63) is 53.3 Å². The van der Waals surface area contributed by atoms with E-state index in [0.29, 0.717) is 38.4 Å². The van der Waals surface area contributed by atoms with Crippen LogP contribution in [0.1, 0.15) is 63.4 Å². The van der Waals surface area contributed by atoms with Gasteiger partial charge in [0.2, 0.25) is 10.0 Å². The van der Waals surface area contributed by atoms with Crippen LogP contribution in [0.5, 0.6) is 0 Å². The molecule has 0 amide bonds. The maximum absolute atomic E-state index is 12.9. The summed E-state index contributed by atoms with van der Waals surface area (Å²) in [4.78, 5) is 5.07. The fourth-order valence-electron chi connectivity index (χ4n) is 4.20. The molecule has 35 heavy (non-hydrogen) atoms. The van der Waals surface area contributed by atoms with E-state index in [1.165, 1.54) is 4.31 Å². The molecule has 190 valence electrons. The molecule has 1 saturated heterocycles. The Kier molecular flexibility index (Phi) is 7.31. The standard InChI is InChI=1S/C25H35N5O4S/c1-17(2)23-14-22(21-16-27-30(18(3)4)24(21)28-23)25(5,31)26-15-19-6-8-20(9-7-19)35(32,33)29-10-12-34-13-11-29/h6-9,14,16-18,26,31H,10-13,15H2,1-5H3. The maximum Gasteiger partial charge on any atom is 0.243 e. The minimum Gasteiger partial charge on any atom is -0.379 e. The van der Waals surface area contributed by atoms with Crippen LogP contribution in [0, 0.1) is 0 Å². The molecule has 3 aromatic rings. The van der Waals surface area contributed by atoms with Crippen molar-refractivity contribution in [1.29, 1.82) is 0 Å². The molecular formula is C25H35N5O4S. The SMILES string of the molecule is CC(C)c1cc(C(C)(O)NCc2ccc(S(=O)(=O)N3CCOCC3)cc2)c2cnn(C(C)C)c2n1. The van der Waals surface area contributed by atoms with Crippen LogP contribution in [0.4, 0.5) is 0 Å². The lowest BCUT2D eigenvalue weighted by atomic mass is 9.98. The zero-order valence-electron chi connectivity index (χ0n) is 21.0. The lowest BCUT2D eigenvalue weighted by molar-refractivity contribution is 0.0192. The van der Waals surface area contributed by atoms with Crippen molar-refractivity contribution in [3.8, 4) is 0 Å². The van der Waals surface area contributed by atoms with Gasteiger partial charge in [-0.2, -0.15) is 9.40 Å². The van der Waals surface area contributed by atoms with Gasteiger partial charge >= 0.3 is 0 Å². The van der Waals surface area contributed by atoms with E-state index >= 15 is 0 Å². The number of aliphatic hydroxyl groups is 1. The van der Waals surface area contributed by atoms with Gasteiger partial charge in [0.25, 0.3) is 0 Å². The molecule has 10 heteroatoms. The van der Waals surface area contributed by atoms with Crippen LogP contribution in [0.25, 0.3) is 11.0 Å². The number of pyridine rings is 1. The molecule has 1 aromatic carbocycles. The molecule has 0 bridgehead atoms. The van der Waals surface area contributed by atoms with E-state index in [2.05, 4.69) is 38.1 Å². The first-order valence-electron chi connectivity index (χ1n) is 12.0. The molecule has 0 radical (unpaired) electrons. The summed E-state index contributed by atoms with van der Waals surface area (Å²) in [7, 11) is -3.54. The van der Waals surface area contributed by atoms with Crippen LogP contribution in [0.3, 0.4) is 0 Å². The second-order valence-corrected chi connectivity index (χ2v) is 11.7. The summed E-state index contributed by atoms with van der Waals surface area (Å²) in [6.45, 7) is 11.9. The van der Waals surface area contributed by atoms with Gasteiger partial charge in [0, 0.05) is 42.3 Å². The van der Waals surface area contributed by atoms with Crippen molar-refractivity contribution >= 4 is 21.1 Å². The second-order valence-electron chi connectivity index (χ2n) is 9.76. The Morgan fingerprint density at radius 1 is 1.14 bits per heavy atom. The minimum absolute atomic E-state index is 0.139. The number of rotatable bonds is 8. The molecule has 1 aliphatic heterocycles. The summed E-state index contributed by atoms with van der Waals surface area (Å²) in [5.74, 6) is 0.186. The quantitative estimate of drug-likeness (QED) is 0.457. The van der Waals surface area contributed by atoms with Gasteiger partial charge in [-0.25, -0.2) is 18.1 Å². The Labute approximate surface area is 207 Å². The Morgan fingerprint density at radius 3 is 2.40 bits per heavy atom. The Hall–Kier alpha value is -2.37. The largest absolute Gasteiger partial charge is 0.379 e. The number of fused-ring (bicyclic) bond motifs is 1. The number of nitrogens with one attached hydrogen (secondary N) is 1. The van der Waals surface area contributed by atoms with E-state index in [4.69, 9.17) is 9.72 Å². The molecule has 1 fully saturated rings. The van der Waals surface area contributed by atoms with Crippen LogP contribution in [0.15, 0.2) is 41.4 Å². The third kappa shape index (κ3) is 5.26. The van der Waals surface area contributed by atoms with Gasteiger partial charge in [0.15, 0.2) is 5.65 Å². The van der Waals surface area contributed by atoms with Crippen molar-refractivity contribution in [1.82, 2.24) is 24.4 Å². The van der Waals surface area contributed by atoms with Gasteiger partial charge in [-0.15, -0.1) is 0 Å². The number of ether oxygens (including phenoxy) is 1. The Morgan fingerprint density at radius 2 is 1.80 bits per heavy atom. The normalized spacial score (nSPS) is 17.4. The van der Waals surface area contributed by atoms with Crippen LogP contribution in [-0.2, 0) is 27.0 Å². The van der Waals surface area contributed by atoms with E-state index in [9.17, 15) is 13.5 Å². The molecule has 0 saturated carbocycles. The lowest BCUT2D eigenvalue weighted by Gasteiger charge is -2.27. The third-order valence-corrected chi connectivity index (χ3v) is 8.27. The third-order valence-electron chi connectivity index (χ3n) is 6.36. The van der Waals surface area contributed by atoms with Crippen LogP contribution >= 0.6 is 0 Å². The van der Waals surface area contributed by atoms with Crippen molar-refractivity contribution in [2.75, 3.05) is 26.3 Å². The zero-order valence-corrected chi connectivity index (χ0v) is 21.8. The first kappa shape index (κ1) is 25.7. The van der Waals surface area contributed by atoms with E-state index in [1.54, 1.807) is 37.4 Å². The fourth-order valence-corrected chi connectivity index (χ4v) is 5.61. The number of morpholine rings is 1. The van der Waals surface area contributed by atoms with Crippen molar-refractivity contribution in [3.63, 3.8) is 0 Å². The predicted molar refractivity (Wildman–Crippen MR) is 134 cm³/mol. The van der Waals surface area contributed by atoms with Gasteiger partial charge in [0.05, 0.1) is 24.3 Å². The molecule has 0 spiro atoms. The molecule has 1 aliphatic rings. The summed E-state index contributed by atoms with van der Waals surface area (Å²) in [5, 5.41) is 20.0. The lowest BCUT2D eigenvalue weighted by Crippen LogP contribution is -2.40. The van der Waals surface area contributed by atoms with Gasteiger partial charge in [-0.05, 0) is 50.5 Å². The summed E-state index contributed by atoms with van der Waals surface area (Å²) in [6, 6.07) is 8.85. The highest BCUT2D eigenvalue weighted by Gasteiger charge is 2.29. The van der Waals surface area contributed by atoms with Crippen molar-refractivity contribution in [2.24, 2.45) is 0 Å². The average Bonchev–Trinajstić information content (AvgIpc) is 3.27. The summed E-state index contributed by atoms with van der Waals surface area (Å²) < 4.78 is 34.3. The highest BCUT2D eigenvalue weighted by atomic mass is 32.2. The molecule has 4 rings (SSSR count). The summed E-state index contributed by atoms with van der Waals surface area (Å²) in [6.07, 6.45) is 1.75. The first-order chi connectivity index (χ1) is 16.5. The number of hydrogen-bond acceptors (Lipinski definition) is 7. The summed E-state index contributed by atoms with van der Waals surface area (Å²) >= 11 is 0. The molecule has 1 atom stereocenters. The molecule has 0 aliphatic carbocycles. The monoisotopic (exact) mass is 501 g/mol. The highest BCUT2D eigenvalue weighted by Crippen LogP contribution is 2.30. The number of sulfonamides is 1. The molecule has 2 N–H and O–H groups in total. The predicted octanol–water partition coefficient (Wildman–Crippen LogP) is 3.11. The zero-order chi connectivity index (χ0) is 25.4. The van der Waals surface area contributed by atoms with Crippen LogP contribution < -0.4 is 5.32 Å². The first-order valence-corrected chi connectivity index (χ1v) is 13.5. The van der Waals surface area contributed by atoms with Crippen LogP contribution in [-0.4, -0.2) is 58.9 Å². The second kappa shape index (κ2) is 9.94. The topological polar surface area (TPSA) is 110 Å². The minimum atomic E-state index is -3.54. The summed E-state index contributed by atoms with van der Waals surface area (Å²) in [5.41, 5.74) is 1.85. The number of nitrogens with zero attached hydrogens (tertiary/aromatic N) is 4. The molecule has 9 nitrogen and oxygen atoms in total. The van der Waals surface area contributed by atoms with Crippen molar-refractivity contribution in [2.45, 2.75) is 63.7 Å². The average molecular weight is 502 g/mol. The van der Waals surface area contributed by atoms with Crippen molar-refractivity contribution < 1.29 is 18.3 Å². The van der Waals surface area contributed by atoms with E-state index in [-0.39, 0.29) is 16.9 Å². The molecule has 3 heterocycles.